The van der Waals surface area contributed by atoms with Crippen molar-refractivity contribution >= 4 is 17.5 Å². The molecule has 1 fully saturated rings. The predicted octanol–water partition coefficient (Wildman–Crippen LogP) is -0.0472. The first-order chi connectivity index (χ1) is 17.5. The number of aromatic hydroxyl groups is 1. The molecule has 1 aromatic rings. The Morgan fingerprint density at radius 3 is 2.49 bits per heavy atom. The first kappa shape index (κ1) is 25.4. The maximum atomic E-state index is 13.7. The van der Waals surface area contributed by atoms with Gasteiger partial charge in [0.1, 0.15) is 22.8 Å². The molecular weight excluding hydrogens is 482 g/mol. The minimum atomic E-state index is -2.63. The monoisotopic (exact) mass is 513 g/mol. The normalized spacial score (nSPS) is 30.3. The number of likely N-dealkylation sites (N-methyl/N-ethyl adjacent to an activating group) is 1. The molecule has 0 saturated carbocycles. The number of morpholine rings is 1. The molecule has 0 aromatic heterocycles. The topological polar surface area (TPSA) is 174 Å². The Kier molecular flexibility index (Phi) is 6.14. The molecule has 1 amide bonds. The number of phenols is 1. The lowest BCUT2D eigenvalue weighted by molar-refractivity contribution is -0.148. The number of aliphatic hydroxyl groups is 3. The number of nitrogens with zero attached hydrogens (tertiary/aromatic N) is 2. The molecule has 11 nitrogen and oxygen atoms in total. The fraction of sp³-hybridized carbons (Fsp3) is 0.500. The summed E-state index contributed by atoms with van der Waals surface area (Å²) < 4.78 is 5.42. The van der Waals surface area contributed by atoms with Gasteiger partial charge in [-0.15, -0.1) is 0 Å². The summed E-state index contributed by atoms with van der Waals surface area (Å²) >= 11 is 0. The maximum absolute atomic E-state index is 13.7. The number of aliphatic hydroxyl groups excluding tert-OH is 2. The highest BCUT2D eigenvalue weighted by atomic mass is 16.5. The molecule has 5 rings (SSSR count). The third-order valence-electron chi connectivity index (χ3n) is 8.20. The second-order valence-electron chi connectivity index (χ2n) is 10.4. The smallest absolute Gasteiger partial charge is 0.255 e. The average molecular weight is 514 g/mol. The molecule has 37 heavy (non-hydrogen) atoms. The number of allylic oxidation sites excluding steroid dienone is 1. The molecule has 6 N–H and O–H groups in total. The van der Waals surface area contributed by atoms with Gasteiger partial charge in [-0.05, 0) is 50.0 Å². The van der Waals surface area contributed by atoms with Crippen molar-refractivity contribution in [1.82, 2.24) is 9.80 Å². The lowest BCUT2D eigenvalue weighted by Crippen LogP contribution is -2.63. The van der Waals surface area contributed by atoms with E-state index < -0.39 is 58.0 Å². The predicted molar refractivity (Wildman–Crippen MR) is 130 cm³/mol. The number of hydrogen-bond donors (Lipinski definition) is 5. The molecule has 4 unspecified atom stereocenters. The van der Waals surface area contributed by atoms with E-state index in [0.29, 0.717) is 25.3 Å². The van der Waals surface area contributed by atoms with E-state index in [-0.39, 0.29) is 29.7 Å². The number of rotatable bonds is 4. The summed E-state index contributed by atoms with van der Waals surface area (Å²) in [6.07, 6.45) is 0.348. The van der Waals surface area contributed by atoms with Crippen LogP contribution in [-0.4, -0.2) is 99.7 Å². The number of amides is 1. The van der Waals surface area contributed by atoms with Gasteiger partial charge in [0.2, 0.25) is 5.78 Å². The zero-order chi connectivity index (χ0) is 26.8. The van der Waals surface area contributed by atoms with E-state index in [1.165, 1.54) is 11.0 Å². The molecule has 1 aromatic carbocycles. The van der Waals surface area contributed by atoms with Gasteiger partial charge >= 0.3 is 0 Å². The summed E-state index contributed by atoms with van der Waals surface area (Å²) in [6.45, 7) is 3.22. The Balaban J connectivity index is 1.64. The summed E-state index contributed by atoms with van der Waals surface area (Å²) in [7, 11) is 3.21. The van der Waals surface area contributed by atoms with Crippen LogP contribution in [0.25, 0.3) is 0 Å². The highest BCUT2D eigenvalue weighted by Gasteiger charge is 2.63. The molecule has 1 saturated heterocycles. The van der Waals surface area contributed by atoms with Crippen LogP contribution in [-0.2, 0) is 27.3 Å². The molecule has 0 bridgehead atoms. The number of primary amides is 1. The van der Waals surface area contributed by atoms with E-state index in [2.05, 4.69) is 4.90 Å². The van der Waals surface area contributed by atoms with Crippen LogP contribution in [0, 0.1) is 11.8 Å². The average Bonchev–Trinajstić information content (AvgIpc) is 2.83. The van der Waals surface area contributed by atoms with Crippen LogP contribution >= 0.6 is 0 Å². The number of ketones is 2. The molecule has 4 aliphatic rings. The first-order valence-corrected chi connectivity index (χ1v) is 12.3. The van der Waals surface area contributed by atoms with Crippen molar-refractivity contribution in [2.45, 2.75) is 31.0 Å². The van der Waals surface area contributed by atoms with Crippen LogP contribution in [0.5, 0.6) is 5.75 Å². The Hall–Kier alpha value is -3.25. The van der Waals surface area contributed by atoms with Gasteiger partial charge in [-0.3, -0.25) is 24.2 Å². The number of ether oxygens (including phenoxy) is 1. The van der Waals surface area contributed by atoms with Crippen LogP contribution in [0.1, 0.15) is 27.9 Å². The SMILES string of the molecule is CN(C)C1C(O)=C(C(N)=O)C(=O)C2(O)C(O)=C3C(=O)c4c(O)ccc(CN5CCOCC5)c4CC3CC12. The van der Waals surface area contributed by atoms with Gasteiger partial charge in [0.15, 0.2) is 11.4 Å². The van der Waals surface area contributed by atoms with Crippen LogP contribution < -0.4 is 5.73 Å². The molecule has 3 aliphatic carbocycles. The van der Waals surface area contributed by atoms with E-state index in [1.54, 1.807) is 20.2 Å². The lowest BCUT2D eigenvalue weighted by Gasteiger charge is -2.50. The number of hydrogen-bond acceptors (Lipinski definition) is 10. The molecule has 4 atom stereocenters. The van der Waals surface area contributed by atoms with Gasteiger partial charge in [0.05, 0.1) is 24.8 Å². The van der Waals surface area contributed by atoms with Crippen molar-refractivity contribution in [3.63, 3.8) is 0 Å². The minimum absolute atomic E-state index is 0.0338. The zero-order valence-electron chi connectivity index (χ0n) is 20.7. The fourth-order valence-corrected chi connectivity index (χ4v) is 6.46. The van der Waals surface area contributed by atoms with Crippen LogP contribution in [0.4, 0.5) is 0 Å². The second-order valence-corrected chi connectivity index (χ2v) is 10.4. The summed E-state index contributed by atoms with van der Waals surface area (Å²) in [6, 6.07) is 2.21. The minimum Gasteiger partial charge on any atom is -0.510 e. The highest BCUT2D eigenvalue weighted by Crippen LogP contribution is 2.52. The Morgan fingerprint density at radius 2 is 1.86 bits per heavy atom. The molecule has 0 radical (unpaired) electrons. The summed E-state index contributed by atoms with van der Waals surface area (Å²) in [5.41, 5.74) is 3.31. The van der Waals surface area contributed by atoms with Crippen molar-refractivity contribution in [2.75, 3.05) is 40.4 Å². The van der Waals surface area contributed by atoms with Crippen LogP contribution in [0.2, 0.25) is 0 Å². The largest absolute Gasteiger partial charge is 0.510 e. The van der Waals surface area contributed by atoms with Crippen molar-refractivity contribution in [3.05, 3.63) is 51.5 Å². The lowest BCUT2D eigenvalue weighted by atomic mass is 9.58. The third kappa shape index (κ3) is 3.68. The van der Waals surface area contributed by atoms with E-state index in [1.807, 2.05) is 0 Å². The van der Waals surface area contributed by atoms with Crippen molar-refractivity contribution in [3.8, 4) is 5.75 Å². The van der Waals surface area contributed by atoms with Crippen molar-refractivity contribution in [1.29, 1.82) is 0 Å². The highest BCUT2D eigenvalue weighted by molar-refractivity contribution is 6.24. The number of carbonyl (C=O) groups is 3. The standard InChI is InChI=1S/C26H31N3O8/c1-28(2)20-15-10-13-9-14-12(11-29-5-7-37-8-6-29)3-4-16(30)18(14)21(31)17(13)23(33)26(15,36)24(34)19(22(20)32)25(27)35/h3-4,13,15,20,30,32-33,36H,5-11H2,1-2H3,(H2,27,35). The number of carbonyl (C=O) groups excluding carboxylic acids is 3. The Labute approximate surface area is 213 Å². The van der Waals surface area contributed by atoms with E-state index >= 15 is 0 Å². The summed E-state index contributed by atoms with van der Waals surface area (Å²) in [4.78, 5) is 42.9. The number of Topliss-reactive ketones (excluding diaryl/α,β-unsaturated/α-hetero) is 2. The van der Waals surface area contributed by atoms with Crippen LogP contribution in [0.15, 0.2) is 34.8 Å². The first-order valence-electron chi connectivity index (χ1n) is 12.3. The molecule has 1 heterocycles. The second kappa shape index (κ2) is 8.95. The number of benzene rings is 1. The summed E-state index contributed by atoms with van der Waals surface area (Å²) in [5, 5.41) is 44.5. The summed E-state index contributed by atoms with van der Waals surface area (Å²) in [5.74, 6) is -6.48. The molecule has 1 aliphatic heterocycles. The van der Waals surface area contributed by atoms with Crippen LogP contribution in [0.3, 0.4) is 0 Å². The van der Waals surface area contributed by atoms with E-state index in [4.69, 9.17) is 10.5 Å². The Morgan fingerprint density at radius 1 is 1.19 bits per heavy atom. The Bertz CT molecular complexity index is 1260. The van der Waals surface area contributed by atoms with E-state index in [0.717, 1.165) is 18.7 Å². The van der Waals surface area contributed by atoms with Crippen molar-refractivity contribution < 1.29 is 39.5 Å². The van der Waals surface area contributed by atoms with Gasteiger partial charge in [0.25, 0.3) is 5.91 Å². The quantitative estimate of drug-likeness (QED) is 0.344. The zero-order valence-corrected chi connectivity index (χ0v) is 20.7. The number of fused-ring (bicyclic) bond motifs is 3. The van der Waals surface area contributed by atoms with Gasteiger partial charge in [-0.1, -0.05) is 6.07 Å². The maximum Gasteiger partial charge on any atom is 0.255 e. The van der Waals surface area contributed by atoms with Gasteiger partial charge in [-0.2, -0.15) is 0 Å². The molecule has 0 spiro atoms. The van der Waals surface area contributed by atoms with Crippen molar-refractivity contribution in [2.24, 2.45) is 17.6 Å². The van der Waals surface area contributed by atoms with E-state index in [9.17, 15) is 34.8 Å². The van der Waals surface area contributed by atoms with Gasteiger partial charge in [-0.25, -0.2) is 0 Å². The molecular formula is C26H31N3O8. The number of nitrogens with two attached hydrogens (primary N) is 1. The van der Waals surface area contributed by atoms with Gasteiger partial charge in [0, 0.05) is 31.1 Å². The molecule has 11 heteroatoms. The number of phenolic OH excluding ortho intramolecular Hbond substituents is 1. The molecule has 198 valence electrons. The third-order valence-corrected chi connectivity index (χ3v) is 8.20. The van der Waals surface area contributed by atoms with Gasteiger partial charge < -0.3 is 30.9 Å². The fourth-order valence-electron chi connectivity index (χ4n) is 6.46.